The number of benzene rings is 1. The van der Waals surface area contributed by atoms with Crippen LogP contribution >= 0.6 is 0 Å². The molecule has 2 heterocycles. The smallest absolute Gasteiger partial charge is 0.255 e. The summed E-state index contributed by atoms with van der Waals surface area (Å²) in [5.74, 6) is -0.159. The minimum absolute atomic E-state index is 0.159. The lowest BCUT2D eigenvalue weighted by molar-refractivity contribution is 0.0951. The summed E-state index contributed by atoms with van der Waals surface area (Å²) in [4.78, 5) is 16.4. The monoisotopic (exact) mass is 292 g/mol. The van der Waals surface area contributed by atoms with Crippen molar-refractivity contribution in [1.29, 1.82) is 0 Å². The third-order valence-corrected chi connectivity index (χ3v) is 3.40. The van der Waals surface area contributed by atoms with Crippen molar-refractivity contribution in [2.45, 2.75) is 13.5 Å². The Morgan fingerprint density at radius 1 is 1.18 bits per heavy atom. The van der Waals surface area contributed by atoms with Crippen LogP contribution in [0.4, 0.5) is 0 Å². The zero-order valence-electron chi connectivity index (χ0n) is 12.2. The number of hydrogen-bond donors (Lipinski definition) is 2. The number of carbonyl (C=O) groups excluding carboxylic acids is 1. The van der Waals surface area contributed by atoms with E-state index >= 15 is 0 Å². The molecule has 22 heavy (non-hydrogen) atoms. The van der Waals surface area contributed by atoms with E-state index in [-0.39, 0.29) is 5.91 Å². The van der Waals surface area contributed by atoms with Gasteiger partial charge in [-0.3, -0.25) is 14.9 Å². The lowest BCUT2D eigenvalue weighted by Crippen LogP contribution is -2.23. The van der Waals surface area contributed by atoms with Crippen LogP contribution < -0.4 is 5.32 Å². The largest absolute Gasteiger partial charge is 0.348 e. The lowest BCUT2D eigenvalue weighted by atomic mass is 10.1. The number of amides is 1. The molecule has 5 heteroatoms. The van der Waals surface area contributed by atoms with Crippen molar-refractivity contribution >= 4 is 5.91 Å². The molecule has 2 aromatic heterocycles. The summed E-state index contributed by atoms with van der Waals surface area (Å²) in [5.41, 5.74) is 4.33. The Balaban J connectivity index is 1.76. The molecule has 2 N–H and O–H groups in total. The van der Waals surface area contributed by atoms with Crippen molar-refractivity contribution in [1.82, 2.24) is 20.5 Å². The van der Waals surface area contributed by atoms with Crippen LogP contribution in [-0.4, -0.2) is 21.1 Å². The predicted molar refractivity (Wildman–Crippen MR) is 84.2 cm³/mol. The second-order valence-electron chi connectivity index (χ2n) is 5.07. The first-order chi connectivity index (χ1) is 10.7. The Morgan fingerprint density at radius 2 is 2.00 bits per heavy atom. The summed E-state index contributed by atoms with van der Waals surface area (Å²) < 4.78 is 0. The molecule has 110 valence electrons. The van der Waals surface area contributed by atoms with Gasteiger partial charge in [0, 0.05) is 24.5 Å². The molecule has 3 aromatic rings. The van der Waals surface area contributed by atoms with E-state index in [0.29, 0.717) is 12.1 Å². The van der Waals surface area contributed by atoms with E-state index in [0.717, 1.165) is 16.8 Å². The van der Waals surface area contributed by atoms with Gasteiger partial charge in [-0.25, -0.2) is 0 Å². The second kappa shape index (κ2) is 6.22. The van der Waals surface area contributed by atoms with Crippen LogP contribution in [0, 0.1) is 6.92 Å². The second-order valence-corrected chi connectivity index (χ2v) is 5.07. The van der Waals surface area contributed by atoms with Crippen LogP contribution in [-0.2, 0) is 6.54 Å². The van der Waals surface area contributed by atoms with E-state index in [9.17, 15) is 4.79 Å². The van der Waals surface area contributed by atoms with Gasteiger partial charge in [0.05, 0.1) is 17.5 Å². The summed E-state index contributed by atoms with van der Waals surface area (Å²) in [7, 11) is 0. The highest BCUT2D eigenvalue weighted by atomic mass is 16.1. The van der Waals surface area contributed by atoms with Crippen LogP contribution in [0.3, 0.4) is 0 Å². The lowest BCUT2D eigenvalue weighted by Gasteiger charge is -2.06. The molecule has 0 aliphatic carbocycles. The number of aromatic nitrogens is 3. The molecule has 5 nitrogen and oxygen atoms in total. The third-order valence-electron chi connectivity index (χ3n) is 3.40. The zero-order valence-corrected chi connectivity index (χ0v) is 12.2. The van der Waals surface area contributed by atoms with Crippen molar-refractivity contribution < 1.29 is 4.79 Å². The fourth-order valence-corrected chi connectivity index (χ4v) is 2.18. The fourth-order valence-electron chi connectivity index (χ4n) is 2.18. The Bertz CT molecular complexity index is 763. The molecule has 3 rings (SSSR count). The standard InChI is InChI=1S/C17H16N4O/c1-12-4-6-14(7-5-12)16-15(11-20-21-16)17(22)19-10-13-3-2-8-18-9-13/h2-9,11H,10H2,1H3,(H,19,22)(H,20,21). The Labute approximate surface area is 128 Å². The number of H-pyrrole nitrogens is 1. The van der Waals surface area contributed by atoms with Gasteiger partial charge in [0.15, 0.2) is 0 Å². The number of carbonyl (C=O) groups is 1. The molecule has 0 atom stereocenters. The molecule has 0 aliphatic rings. The number of hydrogen-bond acceptors (Lipinski definition) is 3. The molecule has 0 fully saturated rings. The summed E-state index contributed by atoms with van der Waals surface area (Å²) in [6.45, 7) is 2.46. The topological polar surface area (TPSA) is 70.7 Å². The van der Waals surface area contributed by atoms with E-state index in [2.05, 4.69) is 20.5 Å². The van der Waals surface area contributed by atoms with Crippen molar-refractivity contribution in [3.8, 4) is 11.3 Å². The van der Waals surface area contributed by atoms with Gasteiger partial charge in [-0.2, -0.15) is 5.10 Å². The van der Waals surface area contributed by atoms with Gasteiger partial charge in [0.2, 0.25) is 0 Å². The average molecular weight is 292 g/mol. The molecule has 0 aliphatic heterocycles. The Morgan fingerprint density at radius 3 is 2.73 bits per heavy atom. The maximum atomic E-state index is 12.3. The third kappa shape index (κ3) is 3.03. The molecule has 0 radical (unpaired) electrons. The highest BCUT2D eigenvalue weighted by Crippen LogP contribution is 2.21. The van der Waals surface area contributed by atoms with Crippen LogP contribution in [0.2, 0.25) is 0 Å². The number of aromatic amines is 1. The van der Waals surface area contributed by atoms with Gasteiger partial charge in [-0.1, -0.05) is 35.9 Å². The highest BCUT2D eigenvalue weighted by Gasteiger charge is 2.14. The fraction of sp³-hybridized carbons (Fsp3) is 0.118. The number of pyridine rings is 1. The van der Waals surface area contributed by atoms with Crippen molar-refractivity contribution in [3.63, 3.8) is 0 Å². The maximum Gasteiger partial charge on any atom is 0.255 e. The minimum atomic E-state index is -0.159. The summed E-state index contributed by atoms with van der Waals surface area (Å²) >= 11 is 0. The van der Waals surface area contributed by atoms with E-state index in [1.165, 1.54) is 5.56 Å². The average Bonchev–Trinajstić information content (AvgIpc) is 3.04. The van der Waals surface area contributed by atoms with Gasteiger partial charge in [-0.15, -0.1) is 0 Å². The number of nitrogens with one attached hydrogen (secondary N) is 2. The summed E-state index contributed by atoms with van der Waals surface area (Å²) in [6, 6.07) is 11.7. The van der Waals surface area contributed by atoms with E-state index < -0.39 is 0 Å². The molecular weight excluding hydrogens is 276 g/mol. The molecule has 0 spiro atoms. The van der Waals surface area contributed by atoms with Gasteiger partial charge in [0.25, 0.3) is 5.91 Å². The molecule has 0 unspecified atom stereocenters. The SMILES string of the molecule is Cc1ccc(-c2[nH]ncc2C(=O)NCc2cccnc2)cc1. The van der Waals surface area contributed by atoms with E-state index in [1.807, 2.05) is 43.3 Å². The molecule has 0 bridgehead atoms. The summed E-state index contributed by atoms with van der Waals surface area (Å²) in [6.07, 6.45) is 4.99. The Hall–Kier alpha value is -2.95. The molecule has 0 saturated carbocycles. The summed E-state index contributed by atoms with van der Waals surface area (Å²) in [5, 5.41) is 9.78. The Kier molecular flexibility index (Phi) is 3.96. The highest BCUT2D eigenvalue weighted by molar-refractivity contribution is 5.99. The van der Waals surface area contributed by atoms with E-state index in [1.54, 1.807) is 18.6 Å². The molecule has 1 aromatic carbocycles. The molecule has 0 saturated heterocycles. The maximum absolute atomic E-state index is 12.3. The van der Waals surface area contributed by atoms with Crippen LogP contribution in [0.1, 0.15) is 21.5 Å². The van der Waals surface area contributed by atoms with E-state index in [4.69, 9.17) is 0 Å². The van der Waals surface area contributed by atoms with Gasteiger partial charge in [0.1, 0.15) is 0 Å². The van der Waals surface area contributed by atoms with Crippen molar-refractivity contribution in [2.75, 3.05) is 0 Å². The van der Waals surface area contributed by atoms with Gasteiger partial charge in [-0.05, 0) is 18.6 Å². The van der Waals surface area contributed by atoms with Crippen molar-refractivity contribution in [2.24, 2.45) is 0 Å². The van der Waals surface area contributed by atoms with Gasteiger partial charge >= 0.3 is 0 Å². The van der Waals surface area contributed by atoms with Crippen molar-refractivity contribution in [3.05, 3.63) is 71.7 Å². The zero-order chi connectivity index (χ0) is 15.4. The number of aryl methyl sites for hydroxylation is 1. The molecular formula is C17H16N4O. The van der Waals surface area contributed by atoms with Crippen LogP contribution in [0.15, 0.2) is 55.0 Å². The first kappa shape index (κ1) is 14.0. The van der Waals surface area contributed by atoms with Crippen LogP contribution in [0.25, 0.3) is 11.3 Å². The van der Waals surface area contributed by atoms with Crippen LogP contribution in [0.5, 0.6) is 0 Å². The number of rotatable bonds is 4. The molecule has 1 amide bonds. The minimum Gasteiger partial charge on any atom is -0.348 e. The predicted octanol–water partition coefficient (Wildman–Crippen LogP) is 2.71. The van der Waals surface area contributed by atoms with Gasteiger partial charge < -0.3 is 5.32 Å². The first-order valence-corrected chi connectivity index (χ1v) is 7.01. The quantitative estimate of drug-likeness (QED) is 0.776. The first-order valence-electron chi connectivity index (χ1n) is 7.01. The number of nitrogens with zero attached hydrogens (tertiary/aromatic N) is 2. The normalized spacial score (nSPS) is 10.4.